The maximum absolute atomic E-state index is 5.06. The van der Waals surface area contributed by atoms with E-state index in [1.54, 1.807) is 7.11 Å². The van der Waals surface area contributed by atoms with Crippen LogP contribution in [-0.2, 0) is 6.42 Å². The highest BCUT2D eigenvalue weighted by atomic mass is 16.5. The molecule has 2 rings (SSSR count). The Hall–Kier alpha value is -1.62. The van der Waals surface area contributed by atoms with Gasteiger partial charge in [0, 0.05) is 12.5 Å². The lowest BCUT2D eigenvalue weighted by atomic mass is 10.3. The van der Waals surface area contributed by atoms with E-state index in [4.69, 9.17) is 4.74 Å². The number of rotatable bonds is 5. The van der Waals surface area contributed by atoms with Crippen molar-refractivity contribution >= 4 is 11.2 Å². The SMILES string of the molecule is CNCCCc1nc2nc(OC)ccc2[nH]1. The van der Waals surface area contributed by atoms with E-state index in [9.17, 15) is 0 Å². The largest absolute Gasteiger partial charge is 0.481 e. The first-order valence-electron chi connectivity index (χ1n) is 5.37. The van der Waals surface area contributed by atoms with Gasteiger partial charge in [-0.25, -0.2) is 4.98 Å². The van der Waals surface area contributed by atoms with Crippen molar-refractivity contribution in [2.24, 2.45) is 0 Å². The number of pyridine rings is 1. The fourth-order valence-corrected chi connectivity index (χ4v) is 1.59. The van der Waals surface area contributed by atoms with Crippen LogP contribution in [0, 0.1) is 0 Å². The van der Waals surface area contributed by atoms with E-state index in [2.05, 4.69) is 20.3 Å². The van der Waals surface area contributed by atoms with Crippen LogP contribution in [0.15, 0.2) is 12.1 Å². The Morgan fingerprint density at radius 2 is 2.25 bits per heavy atom. The third-order valence-electron chi connectivity index (χ3n) is 2.42. The Morgan fingerprint density at radius 3 is 3.00 bits per heavy atom. The van der Waals surface area contributed by atoms with E-state index in [0.29, 0.717) is 5.88 Å². The van der Waals surface area contributed by atoms with Crippen molar-refractivity contribution in [3.05, 3.63) is 18.0 Å². The summed E-state index contributed by atoms with van der Waals surface area (Å²) in [7, 11) is 3.56. The van der Waals surface area contributed by atoms with Crippen LogP contribution in [0.4, 0.5) is 0 Å². The molecule has 2 aromatic heterocycles. The van der Waals surface area contributed by atoms with E-state index < -0.39 is 0 Å². The van der Waals surface area contributed by atoms with Crippen LogP contribution in [0.3, 0.4) is 0 Å². The number of ether oxygens (including phenoxy) is 1. The van der Waals surface area contributed by atoms with Gasteiger partial charge in [0.2, 0.25) is 5.88 Å². The van der Waals surface area contributed by atoms with Crippen molar-refractivity contribution in [3.63, 3.8) is 0 Å². The molecule has 0 amide bonds. The predicted molar refractivity (Wildman–Crippen MR) is 62.7 cm³/mol. The number of H-pyrrole nitrogens is 1. The van der Waals surface area contributed by atoms with Crippen LogP contribution in [0.2, 0.25) is 0 Å². The maximum Gasteiger partial charge on any atom is 0.215 e. The predicted octanol–water partition coefficient (Wildman–Crippen LogP) is 1.12. The molecule has 0 aliphatic carbocycles. The zero-order chi connectivity index (χ0) is 11.4. The molecule has 0 unspecified atom stereocenters. The molecule has 0 fully saturated rings. The van der Waals surface area contributed by atoms with Gasteiger partial charge in [-0.1, -0.05) is 0 Å². The number of hydrogen-bond acceptors (Lipinski definition) is 4. The summed E-state index contributed by atoms with van der Waals surface area (Å²) in [6.45, 7) is 0.994. The first-order chi connectivity index (χ1) is 7.83. The lowest BCUT2D eigenvalue weighted by Crippen LogP contribution is -2.08. The number of hydrogen-bond donors (Lipinski definition) is 2. The fraction of sp³-hybridized carbons (Fsp3) is 0.455. The fourth-order valence-electron chi connectivity index (χ4n) is 1.59. The number of nitrogens with one attached hydrogen (secondary N) is 2. The van der Waals surface area contributed by atoms with Crippen molar-refractivity contribution in [1.82, 2.24) is 20.3 Å². The maximum atomic E-state index is 5.06. The summed E-state index contributed by atoms with van der Waals surface area (Å²) in [5.41, 5.74) is 1.68. The molecule has 0 bridgehead atoms. The lowest BCUT2D eigenvalue weighted by molar-refractivity contribution is 0.399. The van der Waals surface area contributed by atoms with Gasteiger partial charge in [0.1, 0.15) is 5.82 Å². The van der Waals surface area contributed by atoms with Crippen molar-refractivity contribution < 1.29 is 4.74 Å². The minimum absolute atomic E-state index is 0.598. The van der Waals surface area contributed by atoms with Crippen molar-refractivity contribution in [2.45, 2.75) is 12.8 Å². The molecule has 16 heavy (non-hydrogen) atoms. The van der Waals surface area contributed by atoms with Crippen molar-refractivity contribution in [2.75, 3.05) is 20.7 Å². The molecule has 2 heterocycles. The molecule has 0 saturated carbocycles. The van der Waals surface area contributed by atoms with Gasteiger partial charge in [0.05, 0.1) is 12.6 Å². The van der Waals surface area contributed by atoms with E-state index >= 15 is 0 Å². The third-order valence-corrected chi connectivity index (χ3v) is 2.42. The van der Waals surface area contributed by atoms with Crippen LogP contribution in [0.1, 0.15) is 12.2 Å². The molecule has 2 N–H and O–H groups in total. The van der Waals surface area contributed by atoms with E-state index in [-0.39, 0.29) is 0 Å². The summed E-state index contributed by atoms with van der Waals surface area (Å²) in [5.74, 6) is 1.58. The Kier molecular flexibility index (Phi) is 3.36. The summed E-state index contributed by atoms with van der Waals surface area (Å²) < 4.78 is 5.06. The van der Waals surface area contributed by atoms with Gasteiger partial charge in [-0.3, -0.25) is 0 Å². The summed E-state index contributed by atoms with van der Waals surface area (Å²) >= 11 is 0. The van der Waals surface area contributed by atoms with Gasteiger partial charge in [-0.15, -0.1) is 0 Å². The van der Waals surface area contributed by atoms with Crippen LogP contribution in [0.25, 0.3) is 11.2 Å². The monoisotopic (exact) mass is 220 g/mol. The van der Waals surface area contributed by atoms with Crippen molar-refractivity contribution in [3.8, 4) is 5.88 Å². The second-order valence-electron chi connectivity index (χ2n) is 3.62. The molecular weight excluding hydrogens is 204 g/mol. The van der Waals surface area contributed by atoms with Crippen LogP contribution >= 0.6 is 0 Å². The van der Waals surface area contributed by atoms with Gasteiger partial charge in [0.15, 0.2) is 5.65 Å². The minimum Gasteiger partial charge on any atom is -0.481 e. The molecule has 5 heteroatoms. The molecule has 0 aromatic carbocycles. The summed E-state index contributed by atoms with van der Waals surface area (Å²) in [6, 6.07) is 3.77. The van der Waals surface area contributed by atoms with Gasteiger partial charge in [-0.2, -0.15) is 4.98 Å². The first-order valence-corrected chi connectivity index (χ1v) is 5.37. The van der Waals surface area contributed by atoms with Crippen LogP contribution in [-0.4, -0.2) is 35.7 Å². The van der Waals surface area contributed by atoms with Gasteiger partial charge < -0.3 is 15.0 Å². The molecule has 0 spiro atoms. The van der Waals surface area contributed by atoms with Crippen molar-refractivity contribution in [1.29, 1.82) is 0 Å². The van der Waals surface area contributed by atoms with Gasteiger partial charge in [0.25, 0.3) is 0 Å². The average molecular weight is 220 g/mol. The standard InChI is InChI=1S/C11H16N4O/c1-12-7-3-4-9-13-8-5-6-10(16-2)15-11(8)14-9/h5-6,12H,3-4,7H2,1-2H3,(H,13,14,15). The number of imidazole rings is 1. The summed E-state index contributed by atoms with van der Waals surface area (Å²) in [6.07, 6.45) is 1.99. The second-order valence-corrected chi connectivity index (χ2v) is 3.62. The van der Waals surface area contributed by atoms with E-state index in [0.717, 1.165) is 36.4 Å². The van der Waals surface area contributed by atoms with Crippen LogP contribution < -0.4 is 10.1 Å². The molecule has 0 saturated heterocycles. The van der Waals surface area contributed by atoms with E-state index in [1.165, 1.54) is 0 Å². The Morgan fingerprint density at radius 1 is 1.38 bits per heavy atom. The molecular formula is C11H16N4O. The topological polar surface area (TPSA) is 62.8 Å². The highest BCUT2D eigenvalue weighted by Gasteiger charge is 2.04. The normalized spacial score (nSPS) is 10.9. The third kappa shape index (κ3) is 2.30. The summed E-state index contributed by atoms with van der Waals surface area (Å²) in [4.78, 5) is 11.9. The van der Waals surface area contributed by atoms with E-state index in [1.807, 2.05) is 19.2 Å². The molecule has 2 aromatic rings. The summed E-state index contributed by atoms with van der Waals surface area (Å²) in [5, 5.41) is 3.11. The quantitative estimate of drug-likeness (QED) is 0.741. The highest BCUT2D eigenvalue weighted by Crippen LogP contribution is 2.14. The molecule has 0 aliphatic rings. The van der Waals surface area contributed by atoms with Gasteiger partial charge in [-0.05, 0) is 26.1 Å². The zero-order valence-corrected chi connectivity index (χ0v) is 9.58. The number of methoxy groups -OCH3 is 1. The smallest absolute Gasteiger partial charge is 0.215 e. The first kappa shape index (κ1) is 10.9. The van der Waals surface area contributed by atoms with Crippen LogP contribution in [0.5, 0.6) is 5.88 Å². The second kappa shape index (κ2) is 4.94. The number of aromatic amines is 1. The molecule has 5 nitrogen and oxygen atoms in total. The van der Waals surface area contributed by atoms with Gasteiger partial charge >= 0.3 is 0 Å². The Bertz CT molecular complexity index is 466. The Labute approximate surface area is 94.2 Å². The number of nitrogens with zero attached hydrogens (tertiary/aromatic N) is 2. The lowest BCUT2D eigenvalue weighted by Gasteiger charge is -1.95. The number of aryl methyl sites for hydroxylation is 1. The zero-order valence-electron chi connectivity index (χ0n) is 9.58. The molecule has 0 aliphatic heterocycles. The highest BCUT2D eigenvalue weighted by molar-refractivity contribution is 5.71. The minimum atomic E-state index is 0.598. The average Bonchev–Trinajstić information content (AvgIpc) is 2.70. The molecule has 0 radical (unpaired) electrons. The molecule has 0 atom stereocenters. The Balaban J connectivity index is 2.16. The number of aromatic nitrogens is 3. The molecule has 86 valence electrons. The number of fused-ring (bicyclic) bond motifs is 1.